The SMILES string of the molecule is O=c1c([N+](=O)[O-])cn(C2CCC2)c(=O)n1C1CCC1. The molecule has 7 nitrogen and oxygen atoms in total. The van der Waals surface area contributed by atoms with Crippen molar-refractivity contribution in [2.75, 3.05) is 0 Å². The Morgan fingerprint density at radius 1 is 1.11 bits per heavy atom. The second kappa shape index (κ2) is 4.32. The summed E-state index contributed by atoms with van der Waals surface area (Å²) in [6.45, 7) is 0. The van der Waals surface area contributed by atoms with Gasteiger partial charge in [-0.2, -0.15) is 0 Å². The predicted octanol–water partition coefficient (Wildman–Crippen LogP) is 1.37. The Kier molecular flexibility index (Phi) is 2.76. The van der Waals surface area contributed by atoms with Crippen LogP contribution in [-0.2, 0) is 0 Å². The quantitative estimate of drug-likeness (QED) is 0.610. The molecule has 2 fully saturated rings. The molecule has 0 saturated heterocycles. The minimum atomic E-state index is -0.754. The van der Waals surface area contributed by atoms with E-state index in [1.807, 2.05) is 0 Å². The largest absolute Gasteiger partial charge is 0.350 e. The highest BCUT2D eigenvalue weighted by molar-refractivity contribution is 5.23. The van der Waals surface area contributed by atoms with E-state index < -0.39 is 16.2 Å². The molecular weight excluding hydrogens is 250 g/mol. The van der Waals surface area contributed by atoms with E-state index in [2.05, 4.69) is 0 Å². The molecule has 2 saturated carbocycles. The van der Waals surface area contributed by atoms with Crippen molar-refractivity contribution in [2.24, 2.45) is 0 Å². The first-order chi connectivity index (χ1) is 9.09. The van der Waals surface area contributed by atoms with E-state index in [0.29, 0.717) is 0 Å². The Hall–Kier alpha value is -1.92. The van der Waals surface area contributed by atoms with Crippen LogP contribution in [0.3, 0.4) is 0 Å². The lowest BCUT2D eigenvalue weighted by Gasteiger charge is -2.31. The smallest absolute Gasteiger partial charge is 0.290 e. The van der Waals surface area contributed by atoms with Crippen molar-refractivity contribution in [3.05, 3.63) is 37.1 Å². The normalized spacial score (nSPS) is 19.8. The van der Waals surface area contributed by atoms with Crippen LogP contribution >= 0.6 is 0 Å². The van der Waals surface area contributed by atoms with Gasteiger partial charge in [0.1, 0.15) is 0 Å². The van der Waals surface area contributed by atoms with E-state index in [-0.39, 0.29) is 17.8 Å². The molecule has 2 aliphatic rings. The van der Waals surface area contributed by atoms with Gasteiger partial charge in [-0.1, -0.05) is 0 Å². The molecule has 1 aromatic rings. The maximum absolute atomic E-state index is 12.3. The standard InChI is InChI=1S/C12H15N3O4/c16-11-10(15(18)19)7-13(8-3-1-4-8)12(17)14(11)9-5-2-6-9/h7-9H,1-6H2. The average Bonchev–Trinajstić information content (AvgIpc) is 2.22. The third-order valence-corrected chi connectivity index (χ3v) is 4.23. The number of hydrogen-bond donors (Lipinski definition) is 0. The highest BCUT2D eigenvalue weighted by atomic mass is 16.6. The fourth-order valence-corrected chi connectivity index (χ4v) is 2.60. The summed E-state index contributed by atoms with van der Waals surface area (Å²) in [4.78, 5) is 34.7. The summed E-state index contributed by atoms with van der Waals surface area (Å²) in [5, 5.41) is 11.0. The molecule has 0 unspecified atom stereocenters. The Balaban J connectivity index is 2.20. The topological polar surface area (TPSA) is 87.1 Å². The molecule has 0 aromatic carbocycles. The van der Waals surface area contributed by atoms with Crippen molar-refractivity contribution < 1.29 is 4.92 Å². The van der Waals surface area contributed by atoms with Crippen LogP contribution in [0.1, 0.15) is 50.6 Å². The molecule has 102 valence electrons. The number of rotatable bonds is 3. The number of nitrogens with zero attached hydrogens (tertiary/aromatic N) is 3. The fourth-order valence-electron chi connectivity index (χ4n) is 2.60. The summed E-state index contributed by atoms with van der Waals surface area (Å²) in [6.07, 6.45) is 6.31. The summed E-state index contributed by atoms with van der Waals surface area (Å²) in [5.74, 6) is 0. The second-order valence-corrected chi connectivity index (χ2v) is 5.31. The van der Waals surface area contributed by atoms with Crippen LogP contribution in [0, 0.1) is 10.1 Å². The molecule has 0 radical (unpaired) electrons. The van der Waals surface area contributed by atoms with Crippen molar-refractivity contribution in [1.82, 2.24) is 9.13 Å². The van der Waals surface area contributed by atoms with Gasteiger partial charge in [0.2, 0.25) is 0 Å². The van der Waals surface area contributed by atoms with Gasteiger partial charge < -0.3 is 0 Å². The Morgan fingerprint density at radius 3 is 2.11 bits per heavy atom. The summed E-state index contributed by atoms with van der Waals surface area (Å²) in [7, 11) is 0. The molecule has 2 aliphatic carbocycles. The predicted molar refractivity (Wildman–Crippen MR) is 67.4 cm³/mol. The molecule has 1 heterocycles. The molecule has 0 amide bonds. The third-order valence-electron chi connectivity index (χ3n) is 4.23. The zero-order valence-corrected chi connectivity index (χ0v) is 10.4. The summed E-state index contributed by atoms with van der Waals surface area (Å²) >= 11 is 0. The lowest BCUT2D eigenvalue weighted by atomic mass is 9.92. The lowest BCUT2D eigenvalue weighted by Crippen LogP contribution is -2.46. The molecule has 0 aliphatic heterocycles. The van der Waals surface area contributed by atoms with Gasteiger partial charge in [-0.15, -0.1) is 0 Å². The number of hydrogen-bond acceptors (Lipinski definition) is 4. The van der Waals surface area contributed by atoms with Gasteiger partial charge in [-0.05, 0) is 38.5 Å². The van der Waals surface area contributed by atoms with Gasteiger partial charge in [-0.25, -0.2) is 4.79 Å². The van der Waals surface area contributed by atoms with E-state index >= 15 is 0 Å². The number of nitro groups is 1. The lowest BCUT2D eigenvalue weighted by molar-refractivity contribution is -0.387. The molecule has 19 heavy (non-hydrogen) atoms. The van der Waals surface area contributed by atoms with Crippen LogP contribution in [0.4, 0.5) is 5.69 Å². The van der Waals surface area contributed by atoms with Crippen LogP contribution in [0.5, 0.6) is 0 Å². The third kappa shape index (κ3) is 1.80. The molecule has 0 atom stereocenters. The maximum atomic E-state index is 12.3. The van der Waals surface area contributed by atoms with Crippen LogP contribution in [0.2, 0.25) is 0 Å². The van der Waals surface area contributed by atoms with E-state index in [1.54, 1.807) is 0 Å². The van der Waals surface area contributed by atoms with Gasteiger partial charge in [0.05, 0.1) is 11.1 Å². The summed E-state index contributed by atoms with van der Waals surface area (Å²) in [6, 6.07) is -0.149. The van der Waals surface area contributed by atoms with Crippen molar-refractivity contribution in [2.45, 2.75) is 50.6 Å². The molecule has 0 bridgehead atoms. The Bertz CT molecular complexity index is 637. The second-order valence-electron chi connectivity index (χ2n) is 5.31. The van der Waals surface area contributed by atoms with E-state index in [0.717, 1.165) is 49.3 Å². The molecule has 0 spiro atoms. The van der Waals surface area contributed by atoms with Crippen molar-refractivity contribution in [3.8, 4) is 0 Å². The zero-order valence-electron chi connectivity index (χ0n) is 10.4. The van der Waals surface area contributed by atoms with E-state index in [1.165, 1.54) is 4.57 Å². The van der Waals surface area contributed by atoms with Crippen molar-refractivity contribution in [1.29, 1.82) is 0 Å². The van der Waals surface area contributed by atoms with Crippen molar-refractivity contribution >= 4 is 5.69 Å². The van der Waals surface area contributed by atoms with Crippen LogP contribution < -0.4 is 11.2 Å². The van der Waals surface area contributed by atoms with Crippen LogP contribution in [0.25, 0.3) is 0 Å². The minimum absolute atomic E-state index is 0.0122. The van der Waals surface area contributed by atoms with Crippen LogP contribution in [-0.4, -0.2) is 14.1 Å². The molecular formula is C12H15N3O4. The fraction of sp³-hybridized carbons (Fsp3) is 0.667. The molecule has 3 rings (SSSR count). The van der Waals surface area contributed by atoms with Gasteiger partial charge in [0.15, 0.2) is 0 Å². The Labute approximate surface area is 108 Å². The van der Waals surface area contributed by atoms with Crippen molar-refractivity contribution in [3.63, 3.8) is 0 Å². The highest BCUT2D eigenvalue weighted by Gasteiger charge is 2.31. The zero-order chi connectivity index (χ0) is 13.6. The van der Waals surface area contributed by atoms with Crippen LogP contribution in [0.15, 0.2) is 15.8 Å². The average molecular weight is 265 g/mol. The minimum Gasteiger partial charge on any atom is -0.290 e. The summed E-state index contributed by atoms with van der Waals surface area (Å²) in [5.41, 5.74) is -1.63. The first kappa shape index (κ1) is 12.1. The van der Waals surface area contributed by atoms with Gasteiger partial charge >= 0.3 is 16.9 Å². The molecule has 7 heteroatoms. The molecule has 0 N–H and O–H groups in total. The maximum Gasteiger partial charge on any atom is 0.350 e. The number of aromatic nitrogens is 2. The van der Waals surface area contributed by atoms with Gasteiger partial charge in [-0.3, -0.25) is 24.0 Å². The summed E-state index contributed by atoms with van der Waals surface area (Å²) < 4.78 is 2.49. The van der Waals surface area contributed by atoms with Gasteiger partial charge in [0.25, 0.3) is 0 Å². The highest BCUT2D eigenvalue weighted by Crippen LogP contribution is 2.32. The first-order valence-corrected chi connectivity index (χ1v) is 6.61. The van der Waals surface area contributed by atoms with E-state index in [9.17, 15) is 19.7 Å². The molecule has 1 aromatic heterocycles. The monoisotopic (exact) mass is 265 g/mol. The van der Waals surface area contributed by atoms with Gasteiger partial charge in [0, 0.05) is 12.1 Å². The first-order valence-electron chi connectivity index (χ1n) is 6.61. The van der Waals surface area contributed by atoms with E-state index in [4.69, 9.17) is 0 Å². The Morgan fingerprint density at radius 2 is 1.68 bits per heavy atom.